The molecule has 3 rings (SSSR count). The van der Waals surface area contributed by atoms with Crippen LogP contribution in [-0.2, 0) is 25.7 Å². The first-order valence-corrected chi connectivity index (χ1v) is 12.1. The molecule has 7 nitrogen and oxygen atoms in total. The molecule has 1 fully saturated rings. The highest BCUT2D eigenvalue weighted by Gasteiger charge is 2.29. The summed E-state index contributed by atoms with van der Waals surface area (Å²) in [6, 6.07) is 15.2. The van der Waals surface area contributed by atoms with Crippen LogP contribution in [-0.4, -0.2) is 61.4 Å². The third kappa shape index (κ3) is 12.4. The second-order valence-electron chi connectivity index (χ2n) is 7.69. The van der Waals surface area contributed by atoms with E-state index in [1.54, 1.807) is 16.8 Å². The van der Waals surface area contributed by atoms with Gasteiger partial charge in [0.05, 0.1) is 6.54 Å². The minimum Gasteiger partial charge on any atom is -0.380 e. The molecular formula is C29H42ClN3O4. The van der Waals surface area contributed by atoms with Gasteiger partial charge in [0.15, 0.2) is 0 Å². The van der Waals surface area contributed by atoms with E-state index in [0.717, 1.165) is 29.5 Å². The monoisotopic (exact) mass is 531 g/mol. The summed E-state index contributed by atoms with van der Waals surface area (Å²) in [4.78, 5) is 44.8. The smallest absolute Gasteiger partial charge is 0.245 e. The van der Waals surface area contributed by atoms with Crippen LogP contribution in [0.4, 0.5) is 0 Å². The molecule has 37 heavy (non-hydrogen) atoms. The zero-order chi connectivity index (χ0) is 27.5. The maximum absolute atomic E-state index is 12.8. The molecule has 1 heterocycles. The molecule has 1 aliphatic heterocycles. The lowest BCUT2D eigenvalue weighted by Gasteiger charge is -2.33. The van der Waals surface area contributed by atoms with Crippen molar-refractivity contribution in [3.63, 3.8) is 0 Å². The number of likely N-dealkylation sites (N-methyl/N-ethyl adjacent to an activating group) is 1. The van der Waals surface area contributed by atoms with E-state index in [4.69, 9.17) is 21.2 Å². The van der Waals surface area contributed by atoms with E-state index in [2.05, 4.69) is 5.32 Å². The number of likely N-dealkylation sites (tertiary alicyclic amines) is 1. The molecule has 1 atom stereocenters. The van der Waals surface area contributed by atoms with Gasteiger partial charge in [-0.05, 0) is 60.9 Å². The predicted molar refractivity (Wildman–Crippen MR) is 153 cm³/mol. The second-order valence-corrected chi connectivity index (χ2v) is 8.13. The molecule has 2 aromatic carbocycles. The van der Waals surface area contributed by atoms with Crippen LogP contribution in [0.25, 0.3) is 6.08 Å². The minimum absolute atomic E-state index is 0. The highest BCUT2D eigenvalue weighted by Crippen LogP contribution is 2.17. The van der Waals surface area contributed by atoms with Crippen molar-refractivity contribution < 1.29 is 19.2 Å². The van der Waals surface area contributed by atoms with Gasteiger partial charge in [-0.25, -0.2) is 0 Å². The summed E-state index contributed by atoms with van der Waals surface area (Å²) in [5.74, 6) is -0.0830. The van der Waals surface area contributed by atoms with Gasteiger partial charge in [-0.15, -0.1) is 0 Å². The number of piperidine rings is 1. The van der Waals surface area contributed by atoms with Crippen LogP contribution in [0, 0.1) is 6.92 Å². The predicted octanol–water partition coefficient (Wildman–Crippen LogP) is 5.15. The fourth-order valence-electron chi connectivity index (χ4n) is 3.56. The van der Waals surface area contributed by atoms with Crippen molar-refractivity contribution in [1.82, 2.24) is 15.1 Å². The van der Waals surface area contributed by atoms with Crippen molar-refractivity contribution in [2.24, 2.45) is 0 Å². The van der Waals surface area contributed by atoms with Crippen LogP contribution < -0.4 is 5.32 Å². The SMILES string of the molecule is C.C=O.C=O.CC.Cc1cc(Cl)ccc1/C=C/NC1CCCN(CC(=O)N(C)Cc2ccccc2)C1=O. The van der Waals surface area contributed by atoms with Crippen molar-refractivity contribution in [3.05, 3.63) is 76.4 Å². The Kier molecular flexibility index (Phi) is 20.0. The second kappa shape index (κ2) is 20.7. The molecule has 0 bridgehead atoms. The first-order valence-electron chi connectivity index (χ1n) is 11.8. The van der Waals surface area contributed by atoms with E-state index < -0.39 is 0 Å². The Hall–Kier alpha value is -3.45. The molecule has 2 amide bonds. The van der Waals surface area contributed by atoms with Gasteiger partial charge in [0.1, 0.15) is 19.6 Å². The van der Waals surface area contributed by atoms with Crippen molar-refractivity contribution in [2.45, 2.75) is 53.6 Å². The molecule has 1 saturated heterocycles. The Balaban J connectivity index is 0. The Morgan fingerprint density at radius 3 is 2.35 bits per heavy atom. The van der Waals surface area contributed by atoms with E-state index in [1.807, 2.05) is 95.2 Å². The quantitative estimate of drug-likeness (QED) is 0.534. The molecule has 0 saturated carbocycles. The van der Waals surface area contributed by atoms with Gasteiger partial charge in [0.25, 0.3) is 0 Å². The van der Waals surface area contributed by atoms with Crippen molar-refractivity contribution in [2.75, 3.05) is 20.1 Å². The van der Waals surface area contributed by atoms with Gasteiger partial charge in [0.2, 0.25) is 11.8 Å². The summed E-state index contributed by atoms with van der Waals surface area (Å²) < 4.78 is 0. The molecule has 1 N–H and O–H groups in total. The summed E-state index contributed by atoms with van der Waals surface area (Å²) in [5, 5.41) is 3.91. The number of rotatable bonds is 7. The van der Waals surface area contributed by atoms with Gasteiger partial charge in [-0.1, -0.05) is 69.3 Å². The first kappa shape index (κ1) is 35.7. The van der Waals surface area contributed by atoms with Gasteiger partial charge in [-0.2, -0.15) is 0 Å². The summed E-state index contributed by atoms with van der Waals surface area (Å²) in [6.45, 7) is 11.3. The lowest BCUT2D eigenvalue weighted by Crippen LogP contribution is -2.52. The van der Waals surface area contributed by atoms with Gasteiger partial charge in [0, 0.05) is 25.2 Å². The molecule has 0 aliphatic carbocycles. The van der Waals surface area contributed by atoms with Gasteiger partial charge < -0.3 is 24.7 Å². The van der Waals surface area contributed by atoms with E-state index in [1.165, 1.54) is 0 Å². The lowest BCUT2D eigenvalue weighted by molar-refractivity contribution is -0.143. The maximum Gasteiger partial charge on any atom is 0.245 e. The number of halogens is 1. The average Bonchev–Trinajstić information content (AvgIpc) is 2.91. The van der Waals surface area contributed by atoms with E-state index in [9.17, 15) is 9.59 Å². The summed E-state index contributed by atoms with van der Waals surface area (Å²) in [7, 11) is 1.77. The lowest BCUT2D eigenvalue weighted by atomic mass is 10.0. The molecule has 8 heteroatoms. The number of carbonyl (C=O) groups is 4. The molecule has 0 spiro atoms. The van der Waals surface area contributed by atoms with Crippen LogP contribution in [0.1, 0.15) is 50.8 Å². The largest absolute Gasteiger partial charge is 0.380 e. The maximum atomic E-state index is 12.8. The van der Waals surface area contributed by atoms with Gasteiger partial charge in [-0.3, -0.25) is 9.59 Å². The standard InChI is InChI=1S/C24H28ClN3O2.C2H6.2CH2O.CH4/c1-18-15-21(25)11-10-20(18)12-13-26-22-9-6-14-28(24(22)30)17-23(29)27(2)16-19-7-4-3-5-8-19;3*1-2;/h3-5,7-8,10-13,15,22,26H,6,9,14,16-17H2,1-2H3;1-2H3;2*1H2;1H4/b13-12+;;;;. The molecule has 1 unspecified atom stereocenters. The summed E-state index contributed by atoms with van der Waals surface area (Å²) >= 11 is 6.00. The molecule has 1 aliphatic rings. The number of benzene rings is 2. The third-order valence-corrected chi connectivity index (χ3v) is 5.57. The van der Waals surface area contributed by atoms with Crippen LogP contribution in [0.3, 0.4) is 0 Å². The van der Waals surface area contributed by atoms with Crippen LogP contribution in [0.2, 0.25) is 5.02 Å². The normalized spacial score (nSPS) is 13.9. The fraction of sp³-hybridized carbons (Fsp3) is 0.379. The average molecular weight is 532 g/mol. The molecule has 204 valence electrons. The molecule has 2 aromatic rings. The Labute approximate surface area is 227 Å². The Morgan fingerprint density at radius 2 is 1.76 bits per heavy atom. The number of hydrogen-bond donors (Lipinski definition) is 1. The number of carbonyl (C=O) groups excluding carboxylic acids is 4. The topological polar surface area (TPSA) is 86.8 Å². The zero-order valence-corrected chi connectivity index (χ0v) is 22.5. The Bertz CT molecular complexity index is 951. The summed E-state index contributed by atoms with van der Waals surface area (Å²) in [5.41, 5.74) is 3.19. The number of amides is 2. The number of hydrogen-bond acceptors (Lipinski definition) is 5. The highest BCUT2D eigenvalue weighted by atomic mass is 35.5. The van der Waals surface area contributed by atoms with Crippen molar-refractivity contribution >= 4 is 43.1 Å². The van der Waals surface area contributed by atoms with Crippen LogP contribution in [0.5, 0.6) is 0 Å². The summed E-state index contributed by atoms with van der Waals surface area (Å²) in [6.07, 6.45) is 5.38. The number of nitrogens with zero attached hydrogens (tertiary/aromatic N) is 2. The first-order chi connectivity index (χ1) is 17.4. The van der Waals surface area contributed by atoms with E-state index >= 15 is 0 Å². The van der Waals surface area contributed by atoms with Crippen LogP contribution >= 0.6 is 11.6 Å². The van der Waals surface area contributed by atoms with Crippen LogP contribution in [0.15, 0.2) is 54.7 Å². The number of aryl methyl sites for hydroxylation is 1. The van der Waals surface area contributed by atoms with Crippen molar-refractivity contribution in [1.29, 1.82) is 0 Å². The minimum atomic E-state index is -0.310. The third-order valence-electron chi connectivity index (χ3n) is 5.34. The molecular weight excluding hydrogens is 490 g/mol. The van der Waals surface area contributed by atoms with Gasteiger partial charge >= 0.3 is 0 Å². The Morgan fingerprint density at radius 1 is 1.14 bits per heavy atom. The van der Waals surface area contributed by atoms with E-state index in [0.29, 0.717) is 18.1 Å². The highest BCUT2D eigenvalue weighted by molar-refractivity contribution is 6.30. The zero-order valence-electron chi connectivity index (χ0n) is 21.7. The van der Waals surface area contributed by atoms with Crippen molar-refractivity contribution in [3.8, 4) is 0 Å². The molecule has 0 radical (unpaired) electrons. The van der Waals surface area contributed by atoms with E-state index in [-0.39, 0.29) is 31.8 Å². The number of nitrogens with one attached hydrogen (secondary N) is 1. The molecule has 0 aromatic heterocycles. The fourth-order valence-corrected chi connectivity index (χ4v) is 3.79.